The molecular weight excluding hydrogens is 148 g/mol. The van der Waals surface area contributed by atoms with E-state index in [0.717, 1.165) is 6.54 Å². The van der Waals surface area contributed by atoms with Crippen LogP contribution in [0.5, 0.6) is 0 Å². The number of H-pyrrole nitrogens is 1. The van der Waals surface area contributed by atoms with Crippen molar-refractivity contribution in [1.82, 2.24) is 20.5 Å². The summed E-state index contributed by atoms with van der Waals surface area (Å²) in [6.07, 6.45) is 1.43. The summed E-state index contributed by atoms with van der Waals surface area (Å²) in [7, 11) is 0. The van der Waals surface area contributed by atoms with Gasteiger partial charge in [0.25, 0.3) is 0 Å². The lowest BCUT2D eigenvalue weighted by molar-refractivity contribution is 0.964. The molecule has 2 N–H and O–H groups in total. The standard InChI is InChI=1S/C5H8N4S/c1-2-6-5(10)4-7-3-8-9-4/h3H,2H2,1H3,(H,6,10)(H,7,8,9). The van der Waals surface area contributed by atoms with Gasteiger partial charge >= 0.3 is 0 Å². The van der Waals surface area contributed by atoms with E-state index in [1.807, 2.05) is 6.92 Å². The second-order valence-corrected chi connectivity index (χ2v) is 2.10. The van der Waals surface area contributed by atoms with E-state index in [9.17, 15) is 0 Å². The lowest BCUT2D eigenvalue weighted by Crippen LogP contribution is -2.22. The van der Waals surface area contributed by atoms with Crippen LogP contribution in [0.1, 0.15) is 12.7 Å². The highest BCUT2D eigenvalue weighted by atomic mass is 32.1. The van der Waals surface area contributed by atoms with Gasteiger partial charge in [-0.15, -0.1) is 0 Å². The first-order valence-electron chi connectivity index (χ1n) is 2.98. The summed E-state index contributed by atoms with van der Waals surface area (Å²) in [6.45, 7) is 2.78. The fraction of sp³-hybridized carbons (Fsp3) is 0.400. The van der Waals surface area contributed by atoms with Crippen molar-refractivity contribution in [2.24, 2.45) is 0 Å². The van der Waals surface area contributed by atoms with Crippen LogP contribution in [0.3, 0.4) is 0 Å². The minimum atomic E-state index is 0.611. The molecule has 0 amide bonds. The molecule has 0 saturated carbocycles. The van der Waals surface area contributed by atoms with E-state index in [2.05, 4.69) is 20.5 Å². The van der Waals surface area contributed by atoms with Crippen molar-refractivity contribution in [2.75, 3.05) is 6.54 Å². The zero-order chi connectivity index (χ0) is 7.40. The van der Waals surface area contributed by atoms with E-state index < -0.39 is 0 Å². The predicted molar refractivity (Wildman–Crippen MR) is 41.8 cm³/mol. The number of hydrogen-bond acceptors (Lipinski definition) is 3. The molecule has 0 aliphatic heterocycles. The molecule has 0 fully saturated rings. The topological polar surface area (TPSA) is 53.6 Å². The Balaban J connectivity index is 2.59. The molecule has 0 spiro atoms. The van der Waals surface area contributed by atoms with Crippen molar-refractivity contribution in [3.8, 4) is 0 Å². The molecule has 0 aromatic carbocycles. The summed E-state index contributed by atoms with van der Waals surface area (Å²) in [5, 5.41) is 9.26. The molecule has 1 aromatic rings. The van der Waals surface area contributed by atoms with Crippen LogP contribution in [0.15, 0.2) is 6.33 Å². The number of nitrogens with one attached hydrogen (secondary N) is 2. The average molecular weight is 156 g/mol. The summed E-state index contributed by atoms with van der Waals surface area (Å²) in [6, 6.07) is 0. The molecule has 0 atom stereocenters. The summed E-state index contributed by atoms with van der Waals surface area (Å²) in [5.74, 6) is 0.622. The molecule has 0 radical (unpaired) electrons. The summed E-state index contributed by atoms with van der Waals surface area (Å²) >= 11 is 4.93. The van der Waals surface area contributed by atoms with Gasteiger partial charge in [-0.3, -0.25) is 5.10 Å². The minimum absolute atomic E-state index is 0.611. The summed E-state index contributed by atoms with van der Waals surface area (Å²) < 4.78 is 0. The van der Waals surface area contributed by atoms with Crippen LogP contribution < -0.4 is 5.32 Å². The Hall–Kier alpha value is -0.970. The van der Waals surface area contributed by atoms with Crippen molar-refractivity contribution >= 4 is 17.2 Å². The molecule has 4 nitrogen and oxygen atoms in total. The van der Waals surface area contributed by atoms with Crippen molar-refractivity contribution < 1.29 is 0 Å². The number of rotatable bonds is 2. The Labute approximate surface area is 64.1 Å². The number of aromatic nitrogens is 3. The van der Waals surface area contributed by atoms with Crippen LogP contribution in [-0.4, -0.2) is 26.7 Å². The molecule has 1 heterocycles. The Kier molecular flexibility index (Phi) is 2.33. The van der Waals surface area contributed by atoms with Crippen LogP contribution in [0.2, 0.25) is 0 Å². The van der Waals surface area contributed by atoms with Crippen LogP contribution in [0.25, 0.3) is 0 Å². The van der Waals surface area contributed by atoms with Gasteiger partial charge in [0.15, 0.2) is 5.82 Å². The monoisotopic (exact) mass is 156 g/mol. The zero-order valence-corrected chi connectivity index (χ0v) is 6.40. The fourth-order valence-electron chi connectivity index (χ4n) is 0.559. The SMILES string of the molecule is CCNC(=S)c1ncn[nH]1. The first-order chi connectivity index (χ1) is 4.84. The van der Waals surface area contributed by atoms with Crippen molar-refractivity contribution in [1.29, 1.82) is 0 Å². The van der Waals surface area contributed by atoms with Gasteiger partial charge in [-0.2, -0.15) is 5.10 Å². The molecule has 1 rings (SSSR count). The Morgan fingerprint density at radius 2 is 2.70 bits per heavy atom. The maximum absolute atomic E-state index is 4.93. The van der Waals surface area contributed by atoms with Gasteiger partial charge in [0.05, 0.1) is 0 Å². The van der Waals surface area contributed by atoms with Gasteiger partial charge in [-0.25, -0.2) is 4.98 Å². The first-order valence-corrected chi connectivity index (χ1v) is 3.39. The van der Waals surface area contributed by atoms with E-state index in [0.29, 0.717) is 10.8 Å². The van der Waals surface area contributed by atoms with E-state index in [1.165, 1.54) is 6.33 Å². The smallest absolute Gasteiger partial charge is 0.182 e. The Morgan fingerprint density at radius 3 is 3.20 bits per heavy atom. The van der Waals surface area contributed by atoms with Gasteiger partial charge in [0, 0.05) is 6.54 Å². The van der Waals surface area contributed by atoms with E-state index in [1.54, 1.807) is 0 Å². The molecule has 5 heteroatoms. The highest BCUT2D eigenvalue weighted by Gasteiger charge is 1.99. The lowest BCUT2D eigenvalue weighted by Gasteiger charge is -1.98. The fourth-order valence-corrected chi connectivity index (χ4v) is 0.802. The van der Waals surface area contributed by atoms with Crippen LogP contribution in [0.4, 0.5) is 0 Å². The Bertz CT molecular complexity index is 205. The molecule has 0 bridgehead atoms. The average Bonchev–Trinajstić information content (AvgIpc) is 2.38. The van der Waals surface area contributed by atoms with E-state index in [-0.39, 0.29) is 0 Å². The molecular formula is C5H8N4S. The molecule has 1 aromatic heterocycles. The van der Waals surface area contributed by atoms with Gasteiger partial charge < -0.3 is 5.32 Å². The molecule has 54 valence electrons. The predicted octanol–water partition coefficient (Wildman–Crippen LogP) is 0.0897. The van der Waals surface area contributed by atoms with Crippen molar-refractivity contribution in [3.63, 3.8) is 0 Å². The largest absolute Gasteiger partial charge is 0.373 e. The number of aromatic amines is 1. The van der Waals surface area contributed by atoms with Crippen LogP contribution in [-0.2, 0) is 0 Å². The summed E-state index contributed by atoms with van der Waals surface area (Å²) in [4.78, 5) is 4.48. The van der Waals surface area contributed by atoms with Crippen LogP contribution in [0, 0.1) is 0 Å². The quantitative estimate of drug-likeness (QED) is 0.596. The maximum Gasteiger partial charge on any atom is 0.182 e. The van der Waals surface area contributed by atoms with Crippen LogP contribution >= 0.6 is 12.2 Å². The second kappa shape index (κ2) is 3.26. The Morgan fingerprint density at radius 1 is 1.90 bits per heavy atom. The highest BCUT2D eigenvalue weighted by molar-refractivity contribution is 7.80. The molecule has 0 aliphatic rings. The van der Waals surface area contributed by atoms with Gasteiger partial charge in [-0.1, -0.05) is 12.2 Å². The maximum atomic E-state index is 4.93. The third-order valence-corrected chi connectivity index (χ3v) is 1.31. The first kappa shape index (κ1) is 7.14. The van der Waals surface area contributed by atoms with E-state index >= 15 is 0 Å². The van der Waals surface area contributed by atoms with Gasteiger partial charge in [0.2, 0.25) is 0 Å². The van der Waals surface area contributed by atoms with Gasteiger partial charge in [0.1, 0.15) is 11.3 Å². The van der Waals surface area contributed by atoms with Crippen molar-refractivity contribution in [3.05, 3.63) is 12.2 Å². The number of nitrogens with zero attached hydrogens (tertiary/aromatic N) is 2. The number of hydrogen-bond donors (Lipinski definition) is 2. The minimum Gasteiger partial charge on any atom is -0.373 e. The normalized spacial score (nSPS) is 9.30. The van der Waals surface area contributed by atoms with E-state index in [4.69, 9.17) is 12.2 Å². The summed E-state index contributed by atoms with van der Waals surface area (Å²) in [5.41, 5.74) is 0. The molecule has 0 unspecified atom stereocenters. The third kappa shape index (κ3) is 1.51. The third-order valence-electron chi connectivity index (χ3n) is 0.967. The zero-order valence-electron chi connectivity index (χ0n) is 5.59. The molecule has 10 heavy (non-hydrogen) atoms. The molecule has 0 saturated heterocycles. The highest BCUT2D eigenvalue weighted by Crippen LogP contribution is 1.85. The van der Waals surface area contributed by atoms with Gasteiger partial charge in [-0.05, 0) is 6.92 Å². The van der Waals surface area contributed by atoms with Crippen molar-refractivity contribution in [2.45, 2.75) is 6.92 Å². The second-order valence-electron chi connectivity index (χ2n) is 1.69. The molecule has 0 aliphatic carbocycles. The lowest BCUT2D eigenvalue weighted by atomic mass is 10.6. The number of thiocarbonyl (C=S) groups is 1.